The number of esters is 1. The predicted octanol–water partition coefficient (Wildman–Crippen LogP) is 3.47. The molecule has 0 N–H and O–H groups in total. The molecule has 1 atom stereocenters. The van der Waals surface area contributed by atoms with Crippen LogP contribution in [0.15, 0.2) is 60.7 Å². The zero-order valence-electron chi connectivity index (χ0n) is 15.2. The summed E-state index contributed by atoms with van der Waals surface area (Å²) in [4.78, 5) is 26.1. The second-order valence-corrected chi connectivity index (χ2v) is 5.76. The second-order valence-electron chi connectivity index (χ2n) is 5.76. The molecule has 1 amide bonds. The van der Waals surface area contributed by atoms with Crippen LogP contribution in [-0.2, 0) is 14.3 Å². The summed E-state index contributed by atoms with van der Waals surface area (Å²) in [5.74, 6) is -0.212. The summed E-state index contributed by atoms with van der Waals surface area (Å²) in [6, 6.07) is 16.3. The maximum Gasteiger partial charge on any atom is 0.331 e. The maximum absolute atomic E-state index is 12.4. The first-order chi connectivity index (χ1) is 12.5. The molecule has 5 heteroatoms. The highest BCUT2D eigenvalue weighted by Crippen LogP contribution is 2.22. The van der Waals surface area contributed by atoms with E-state index in [0.717, 1.165) is 5.56 Å². The van der Waals surface area contributed by atoms with Gasteiger partial charge < -0.3 is 14.4 Å². The second kappa shape index (κ2) is 9.42. The molecular formula is C21H23NO4. The summed E-state index contributed by atoms with van der Waals surface area (Å²) < 4.78 is 10.9. The molecule has 0 aliphatic rings. The minimum atomic E-state index is -0.981. The van der Waals surface area contributed by atoms with Gasteiger partial charge in [0, 0.05) is 31.3 Å². The van der Waals surface area contributed by atoms with Crippen LogP contribution in [0.3, 0.4) is 0 Å². The predicted molar refractivity (Wildman–Crippen MR) is 101 cm³/mol. The summed E-state index contributed by atoms with van der Waals surface area (Å²) in [7, 11) is 3.25. The number of likely N-dealkylation sites (N-methyl/N-ethyl adjacent to an activating group) is 1. The zero-order chi connectivity index (χ0) is 18.9. The Morgan fingerprint density at radius 1 is 1.04 bits per heavy atom. The summed E-state index contributed by atoms with van der Waals surface area (Å²) in [6.45, 7) is 2.43. The van der Waals surface area contributed by atoms with Crippen molar-refractivity contribution in [1.29, 1.82) is 0 Å². The summed E-state index contributed by atoms with van der Waals surface area (Å²) in [6.07, 6.45) is 1.94. The van der Waals surface area contributed by atoms with Crippen LogP contribution >= 0.6 is 0 Å². The van der Waals surface area contributed by atoms with E-state index in [0.29, 0.717) is 17.9 Å². The number of para-hydroxylation sites is 1. The highest BCUT2D eigenvalue weighted by molar-refractivity contribution is 5.91. The van der Waals surface area contributed by atoms with E-state index in [1.807, 2.05) is 37.3 Å². The van der Waals surface area contributed by atoms with E-state index in [2.05, 4.69) is 0 Å². The van der Waals surface area contributed by atoms with Crippen LogP contribution in [0.25, 0.3) is 6.08 Å². The molecule has 136 valence electrons. The molecule has 0 bridgehead atoms. The molecule has 0 fully saturated rings. The number of ether oxygens (including phenoxy) is 2. The average Bonchev–Trinajstić information content (AvgIpc) is 2.65. The number of benzene rings is 2. The number of nitrogens with zero attached hydrogens (tertiary/aromatic N) is 1. The van der Waals surface area contributed by atoms with Gasteiger partial charge in [0.25, 0.3) is 5.91 Å². The van der Waals surface area contributed by atoms with Crippen molar-refractivity contribution in [2.45, 2.75) is 13.0 Å². The molecular weight excluding hydrogens is 330 g/mol. The number of carbonyl (C=O) groups is 2. The summed E-state index contributed by atoms with van der Waals surface area (Å²) in [5, 5.41) is 0. The van der Waals surface area contributed by atoms with Crippen LogP contribution in [0.1, 0.15) is 24.2 Å². The number of hydrogen-bond acceptors (Lipinski definition) is 4. The van der Waals surface area contributed by atoms with Crippen molar-refractivity contribution < 1.29 is 19.1 Å². The highest BCUT2D eigenvalue weighted by Gasteiger charge is 2.25. The summed E-state index contributed by atoms with van der Waals surface area (Å²) >= 11 is 0. The van der Waals surface area contributed by atoms with E-state index < -0.39 is 12.1 Å². The van der Waals surface area contributed by atoms with Crippen LogP contribution in [-0.4, -0.2) is 37.5 Å². The van der Waals surface area contributed by atoms with Crippen molar-refractivity contribution in [1.82, 2.24) is 4.90 Å². The number of carbonyl (C=O) groups excluding carboxylic acids is 2. The molecule has 0 aliphatic carbocycles. The molecule has 26 heavy (non-hydrogen) atoms. The van der Waals surface area contributed by atoms with Gasteiger partial charge in [0.15, 0.2) is 0 Å². The van der Waals surface area contributed by atoms with E-state index in [1.54, 1.807) is 44.4 Å². The van der Waals surface area contributed by atoms with Gasteiger partial charge >= 0.3 is 5.97 Å². The highest BCUT2D eigenvalue weighted by atomic mass is 16.5. The van der Waals surface area contributed by atoms with Crippen LogP contribution in [0.5, 0.6) is 5.75 Å². The monoisotopic (exact) mass is 353 g/mol. The van der Waals surface area contributed by atoms with Gasteiger partial charge in [-0.05, 0) is 19.1 Å². The maximum atomic E-state index is 12.4. The fourth-order valence-corrected chi connectivity index (χ4v) is 2.34. The molecule has 0 aromatic heterocycles. The van der Waals surface area contributed by atoms with Gasteiger partial charge in [0.05, 0.1) is 6.61 Å². The van der Waals surface area contributed by atoms with Crippen molar-refractivity contribution in [2.75, 3.05) is 20.7 Å². The van der Waals surface area contributed by atoms with Gasteiger partial charge in [-0.25, -0.2) is 4.79 Å². The minimum Gasteiger partial charge on any atom is -0.493 e. The number of amides is 1. The van der Waals surface area contributed by atoms with E-state index in [4.69, 9.17) is 9.47 Å². The largest absolute Gasteiger partial charge is 0.493 e. The molecule has 2 aromatic rings. The van der Waals surface area contributed by atoms with Crippen molar-refractivity contribution in [3.8, 4) is 5.75 Å². The van der Waals surface area contributed by atoms with Crippen molar-refractivity contribution in [3.05, 3.63) is 71.8 Å². The lowest BCUT2D eigenvalue weighted by Gasteiger charge is -2.20. The van der Waals surface area contributed by atoms with Gasteiger partial charge in [0.1, 0.15) is 5.75 Å². The minimum absolute atomic E-state index is 0.298. The molecule has 5 nitrogen and oxygen atoms in total. The Bertz CT molecular complexity index is 769. The van der Waals surface area contributed by atoms with Crippen molar-refractivity contribution >= 4 is 18.0 Å². The molecule has 0 heterocycles. The topological polar surface area (TPSA) is 55.8 Å². The molecule has 2 rings (SSSR count). The smallest absolute Gasteiger partial charge is 0.331 e. The van der Waals surface area contributed by atoms with Crippen LogP contribution < -0.4 is 4.74 Å². The van der Waals surface area contributed by atoms with E-state index >= 15 is 0 Å². The molecule has 0 saturated heterocycles. The van der Waals surface area contributed by atoms with Gasteiger partial charge in [-0.3, -0.25) is 4.79 Å². The van der Waals surface area contributed by atoms with Gasteiger partial charge in [0.2, 0.25) is 6.10 Å². The van der Waals surface area contributed by atoms with E-state index in [1.165, 1.54) is 11.0 Å². The third kappa shape index (κ3) is 5.21. The number of hydrogen-bond donors (Lipinski definition) is 0. The SMILES string of the molecule is CCOc1ccccc1/C=C/C(=O)O[C@@H](C(=O)N(C)C)c1ccccc1. The Balaban J connectivity index is 2.16. The quantitative estimate of drug-likeness (QED) is 0.565. The fraction of sp³-hybridized carbons (Fsp3) is 0.238. The van der Waals surface area contributed by atoms with Gasteiger partial charge in [-0.15, -0.1) is 0 Å². The Morgan fingerprint density at radius 2 is 1.69 bits per heavy atom. The van der Waals surface area contributed by atoms with Crippen molar-refractivity contribution in [3.63, 3.8) is 0 Å². The molecule has 2 aromatic carbocycles. The first-order valence-corrected chi connectivity index (χ1v) is 8.39. The third-order valence-electron chi connectivity index (χ3n) is 3.62. The van der Waals surface area contributed by atoms with Crippen LogP contribution in [0.2, 0.25) is 0 Å². The molecule has 0 aliphatic heterocycles. The first kappa shape index (κ1) is 19.2. The average molecular weight is 353 g/mol. The molecule has 0 unspecified atom stereocenters. The lowest BCUT2D eigenvalue weighted by atomic mass is 10.1. The Kier molecular flexibility index (Phi) is 6.97. The standard InChI is InChI=1S/C21H23NO4/c1-4-25-18-13-9-8-10-16(18)14-15-19(23)26-20(21(24)22(2)3)17-11-6-5-7-12-17/h5-15,20H,4H2,1-3H3/b15-14+/t20-/m1/s1. The Morgan fingerprint density at radius 3 is 2.35 bits per heavy atom. The first-order valence-electron chi connectivity index (χ1n) is 8.39. The lowest BCUT2D eigenvalue weighted by molar-refractivity contribution is -0.155. The van der Waals surface area contributed by atoms with Gasteiger partial charge in [-0.2, -0.15) is 0 Å². The lowest BCUT2D eigenvalue weighted by Crippen LogP contribution is -2.30. The summed E-state index contributed by atoms with van der Waals surface area (Å²) in [5.41, 5.74) is 1.39. The van der Waals surface area contributed by atoms with Crippen LogP contribution in [0, 0.1) is 0 Å². The van der Waals surface area contributed by atoms with E-state index in [9.17, 15) is 9.59 Å². The molecule has 0 saturated carbocycles. The van der Waals surface area contributed by atoms with Crippen LogP contribution in [0.4, 0.5) is 0 Å². The Hall–Kier alpha value is -3.08. The van der Waals surface area contributed by atoms with E-state index in [-0.39, 0.29) is 5.91 Å². The zero-order valence-corrected chi connectivity index (χ0v) is 15.2. The normalized spacial score (nSPS) is 11.8. The Labute approximate surface area is 153 Å². The number of rotatable bonds is 7. The molecule has 0 radical (unpaired) electrons. The van der Waals surface area contributed by atoms with Crippen molar-refractivity contribution in [2.24, 2.45) is 0 Å². The fourth-order valence-electron chi connectivity index (χ4n) is 2.34. The third-order valence-corrected chi connectivity index (χ3v) is 3.62. The molecule has 0 spiro atoms. The van der Waals surface area contributed by atoms with Gasteiger partial charge in [-0.1, -0.05) is 48.5 Å².